The smallest absolute Gasteiger partial charge is 0.0619 e. The number of hydrogen-bond acceptors (Lipinski definition) is 0. The Morgan fingerprint density at radius 2 is 0.957 bits per heavy atom. The van der Waals surface area contributed by atoms with Gasteiger partial charge in [0.25, 0.3) is 0 Å². The fraction of sp³-hybridized carbons (Fsp3) is 0. The Hall–Kier alpha value is -5.64. The van der Waals surface area contributed by atoms with Gasteiger partial charge in [-0.05, 0) is 76.5 Å². The Kier molecular flexibility index (Phi) is 5.76. The van der Waals surface area contributed by atoms with Gasteiger partial charge in [-0.2, -0.15) is 0 Å². The van der Waals surface area contributed by atoms with E-state index in [1.54, 1.807) is 0 Å². The summed E-state index contributed by atoms with van der Waals surface area (Å²) in [5.41, 5.74) is 9.66. The van der Waals surface area contributed by atoms with E-state index < -0.39 is 0 Å². The summed E-state index contributed by atoms with van der Waals surface area (Å²) in [7, 11) is 0. The molecule has 0 unspecified atom stereocenters. The first-order valence-corrected chi connectivity index (χ1v) is 16.8. The normalized spacial score (nSPS) is 11.9. The Morgan fingerprint density at radius 1 is 0.362 bits per heavy atom. The van der Waals surface area contributed by atoms with Crippen LogP contribution in [0.4, 0.5) is 0 Å². The van der Waals surface area contributed by atoms with E-state index in [-0.39, 0.29) is 0 Å². The van der Waals surface area contributed by atoms with Gasteiger partial charge in [-0.25, -0.2) is 0 Å². The second-order valence-corrected chi connectivity index (χ2v) is 13.1. The minimum atomic E-state index is 1.11. The first kappa shape index (κ1) is 26.6. The monoisotopic (exact) mass is 662 g/mol. The van der Waals surface area contributed by atoms with Gasteiger partial charge in [0.1, 0.15) is 0 Å². The molecule has 2 nitrogen and oxygen atoms in total. The zero-order chi connectivity index (χ0) is 31.1. The second-order valence-electron chi connectivity index (χ2n) is 12.3. The molecule has 10 aromatic rings. The molecule has 0 aliphatic rings. The van der Waals surface area contributed by atoms with Gasteiger partial charge in [-0.3, -0.25) is 0 Å². The summed E-state index contributed by atoms with van der Waals surface area (Å²) in [4.78, 5) is 0. The molecule has 2 heterocycles. The first-order valence-electron chi connectivity index (χ1n) is 16.0. The standard InChI is InChI=1S/C44H27BrN2/c45-39-22-25-41(34-15-7-6-14-33(34)39)47-43-24-20-30(27-38(43)36-21-18-28-10-4-5-13-32(28)44(36)47)29-19-23-42-37(26-29)35-16-8-9-17-40(35)46(42)31-11-2-1-3-12-31/h1-27H. The highest BCUT2D eigenvalue weighted by atomic mass is 79.9. The number of benzene rings is 8. The molecule has 0 spiro atoms. The number of hydrogen-bond donors (Lipinski definition) is 0. The molecule has 0 aliphatic heterocycles. The van der Waals surface area contributed by atoms with Gasteiger partial charge in [0.2, 0.25) is 0 Å². The fourth-order valence-electron chi connectivity index (χ4n) is 7.66. The second kappa shape index (κ2) is 10.2. The number of halogens is 1. The number of aromatic nitrogens is 2. The summed E-state index contributed by atoms with van der Waals surface area (Å²) in [5.74, 6) is 0. The molecule has 47 heavy (non-hydrogen) atoms. The summed E-state index contributed by atoms with van der Waals surface area (Å²) in [6.45, 7) is 0. The average Bonchev–Trinajstić information content (AvgIpc) is 3.65. The van der Waals surface area contributed by atoms with Crippen molar-refractivity contribution in [3.8, 4) is 22.5 Å². The maximum Gasteiger partial charge on any atom is 0.0619 e. The van der Waals surface area contributed by atoms with Gasteiger partial charge in [-0.15, -0.1) is 0 Å². The molecule has 0 aliphatic carbocycles. The lowest BCUT2D eigenvalue weighted by atomic mass is 10.00. The van der Waals surface area contributed by atoms with Crippen LogP contribution in [0.3, 0.4) is 0 Å². The van der Waals surface area contributed by atoms with E-state index in [4.69, 9.17) is 0 Å². The zero-order valence-corrected chi connectivity index (χ0v) is 26.9. The number of rotatable bonds is 3. The molecule has 0 bridgehead atoms. The highest BCUT2D eigenvalue weighted by Crippen LogP contribution is 2.42. The van der Waals surface area contributed by atoms with Gasteiger partial charge >= 0.3 is 0 Å². The lowest BCUT2D eigenvalue weighted by molar-refractivity contribution is 1.18. The van der Waals surface area contributed by atoms with E-state index in [1.165, 1.54) is 87.7 Å². The molecule has 220 valence electrons. The van der Waals surface area contributed by atoms with Crippen LogP contribution in [0.15, 0.2) is 168 Å². The summed E-state index contributed by atoms with van der Waals surface area (Å²) in [5, 5.41) is 9.96. The van der Waals surface area contributed by atoms with Crippen LogP contribution < -0.4 is 0 Å². The van der Waals surface area contributed by atoms with Crippen LogP contribution in [-0.4, -0.2) is 9.13 Å². The molecule has 0 amide bonds. The molecule has 2 aromatic heterocycles. The van der Waals surface area contributed by atoms with Crippen LogP contribution in [0.2, 0.25) is 0 Å². The van der Waals surface area contributed by atoms with E-state index in [2.05, 4.69) is 189 Å². The SMILES string of the molecule is Brc1ccc(-n2c3ccc(-c4ccc5c(c4)c4ccccc4n5-c4ccccc4)cc3c3ccc4ccccc4c32)c2ccccc12. The summed E-state index contributed by atoms with van der Waals surface area (Å²) < 4.78 is 5.95. The van der Waals surface area contributed by atoms with Crippen LogP contribution in [-0.2, 0) is 0 Å². The summed E-state index contributed by atoms with van der Waals surface area (Å²) in [6.07, 6.45) is 0. The highest BCUT2D eigenvalue weighted by molar-refractivity contribution is 9.10. The molecule has 0 N–H and O–H groups in total. The number of para-hydroxylation sites is 2. The molecule has 0 saturated heterocycles. The van der Waals surface area contributed by atoms with Gasteiger partial charge in [-0.1, -0.05) is 125 Å². The van der Waals surface area contributed by atoms with Gasteiger partial charge in [0.15, 0.2) is 0 Å². The summed E-state index contributed by atoms with van der Waals surface area (Å²) >= 11 is 3.80. The summed E-state index contributed by atoms with van der Waals surface area (Å²) in [6, 6.07) is 59.7. The Labute approximate surface area is 279 Å². The molecule has 0 fully saturated rings. The largest absolute Gasteiger partial charge is 0.309 e. The van der Waals surface area contributed by atoms with Crippen LogP contribution in [0.1, 0.15) is 0 Å². The maximum absolute atomic E-state index is 3.80. The van der Waals surface area contributed by atoms with E-state index in [9.17, 15) is 0 Å². The third kappa shape index (κ3) is 3.90. The third-order valence-corrected chi connectivity index (χ3v) is 10.5. The molecular weight excluding hydrogens is 636 g/mol. The first-order chi connectivity index (χ1) is 23.2. The topological polar surface area (TPSA) is 9.86 Å². The van der Waals surface area contributed by atoms with E-state index in [0.717, 1.165) is 4.47 Å². The number of nitrogens with zero attached hydrogens (tertiary/aromatic N) is 2. The molecule has 8 aromatic carbocycles. The van der Waals surface area contributed by atoms with Crippen molar-refractivity contribution < 1.29 is 0 Å². The molecule has 0 radical (unpaired) electrons. The van der Waals surface area contributed by atoms with Crippen molar-refractivity contribution in [1.82, 2.24) is 9.13 Å². The van der Waals surface area contributed by atoms with Crippen molar-refractivity contribution in [1.29, 1.82) is 0 Å². The average molecular weight is 664 g/mol. The van der Waals surface area contributed by atoms with Crippen LogP contribution in [0.5, 0.6) is 0 Å². The van der Waals surface area contributed by atoms with Crippen molar-refractivity contribution in [2.45, 2.75) is 0 Å². The quantitative estimate of drug-likeness (QED) is 0.178. The fourth-order valence-corrected chi connectivity index (χ4v) is 8.14. The minimum absolute atomic E-state index is 1.11. The third-order valence-electron chi connectivity index (χ3n) is 9.76. The predicted octanol–water partition coefficient (Wildman–Crippen LogP) is 12.6. The van der Waals surface area contributed by atoms with Crippen LogP contribution in [0, 0.1) is 0 Å². The van der Waals surface area contributed by atoms with Gasteiger partial charge < -0.3 is 9.13 Å². The van der Waals surface area contributed by atoms with Crippen LogP contribution >= 0.6 is 15.9 Å². The minimum Gasteiger partial charge on any atom is -0.309 e. The van der Waals surface area contributed by atoms with Gasteiger partial charge in [0, 0.05) is 42.5 Å². The van der Waals surface area contributed by atoms with Gasteiger partial charge in [0.05, 0.1) is 27.8 Å². The van der Waals surface area contributed by atoms with Crippen molar-refractivity contribution in [2.24, 2.45) is 0 Å². The molecule has 0 atom stereocenters. The highest BCUT2D eigenvalue weighted by Gasteiger charge is 2.19. The molecule has 3 heteroatoms. The van der Waals surface area contributed by atoms with Crippen molar-refractivity contribution in [3.63, 3.8) is 0 Å². The van der Waals surface area contributed by atoms with Crippen LogP contribution in [0.25, 0.3) is 87.7 Å². The zero-order valence-electron chi connectivity index (χ0n) is 25.4. The molecule has 0 saturated carbocycles. The van der Waals surface area contributed by atoms with E-state index in [1.807, 2.05) is 0 Å². The van der Waals surface area contributed by atoms with Crippen molar-refractivity contribution in [3.05, 3.63) is 168 Å². The lowest BCUT2D eigenvalue weighted by Gasteiger charge is -2.14. The molecule has 10 rings (SSSR count). The van der Waals surface area contributed by atoms with E-state index >= 15 is 0 Å². The predicted molar refractivity (Wildman–Crippen MR) is 203 cm³/mol. The Bertz CT molecular complexity index is 2860. The maximum atomic E-state index is 3.80. The van der Waals surface area contributed by atoms with Crippen molar-refractivity contribution >= 4 is 81.1 Å². The Balaban J connectivity index is 1.25. The Morgan fingerprint density at radius 3 is 1.74 bits per heavy atom. The number of fused-ring (bicyclic) bond motifs is 9. The van der Waals surface area contributed by atoms with Crippen molar-refractivity contribution in [2.75, 3.05) is 0 Å². The molecular formula is C44H27BrN2. The van der Waals surface area contributed by atoms with E-state index in [0.29, 0.717) is 0 Å². The lowest BCUT2D eigenvalue weighted by Crippen LogP contribution is -1.96.